The second kappa shape index (κ2) is 8.22. The van der Waals surface area contributed by atoms with Gasteiger partial charge in [-0.05, 0) is 36.8 Å². The van der Waals surface area contributed by atoms with Crippen LogP contribution in [0.2, 0.25) is 0 Å². The Morgan fingerprint density at radius 2 is 1.94 bits per heavy atom. The molecule has 0 radical (unpaired) electrons. The Morgan fingerprint density at radius 1 is 1.14 bits per heavy atom. The lowest BCUT2D eigenvalue weighted by molar-refractivity contribution is -0.138. The summed E-state index contributed by atoms with van der Waals surface area (Å²) in [6, 6.07) is 7.13. The van der Waals surface area contributed by atoms with Crippen molar-refractivity contribution in [2.45, 2.75) is 19.6 Å². The molecule has 5 rings (SSSR count). The van der Waals surface area contributed by atoms with Gasteiger partial charge in [0, 0.05) is 31.8 Å². The molecule has 0 atom stereocenters. The molecule has 4 aromatic rings. The quantitative estimate of drug-likeness (QED) is 0.464. The lowest BCUT2D eigenvalue weighted by Crippen LogP contribution is -2.24. The molecule has 180 valence electrons. The van der Waals surface area contributed by atoms with Crippen molar-refractivity contribution in [3.63, 3.8) is 0 Å². The van der Waals surface area contributed by atoms with E-state index in [4.69, 9.17) is 0 Å². The average molecular weight is 482 g/mol. The molecule has 9 nitrogen and oxygen atoms in total. The zero-order valence-electron chi connectivity index (χ0n) is 19.1. The monoisotopic (exact) mass is 482 g/mol. The number of benzene rings is 1. The molecule has 35 heavy (non-hydrogen) atoms. The van der Waals surface area contributed by atoms with Crippen LogP contribution < -0.4 is 10.2 Å². The van der Waals surface area contributed by atoms with Gasteiger partial charge in [-0.3, -0.25) is 14.4 Å². The van der Waals surface area contributed by atoms with Gasteiger partial charge in [0.15, 0.2) is 5.82 Å². The van der Waals surface area contributed by atoms with Crippen LogP contribution >= 0.6 is 0 Å². The van der Waals surface area contributed by atoms with E-state index in [9.17, 15) is 18.0 Å². The van der Waals surface area contributed by atoms with E-state index in [1.54, 1.807) is 41.0 Å². The first-order chi connectivity index (χ1) is 16.7. The zero-order valence-corrected chi connectivity index (χ0v) is 19.1. The molecule has 4 heterocycles. The van der Waals surface area contributed by atoms with Crippen LogP contribution in [0.1, 0.15) is 28.4 Å². The minimum absolute atomic E-state index is 0.0253. The lowest BCUT2D eigenvalue weighted by atomic mass is 10.0. The van der Waals surface area contributed by atoms with E-state index in [-0.39, 0.29) is 23.5 Å². The van der Waals surface area contributed by atoms with Gasteiger partial charge in [0.25, 0.3) is 5.91 Å². The number of alkyl halides is 3. The average Bonchev–Trinajstić information content (AvgIpc) is 3.50. The number of hydrogen-bond donors (Lipinski definition) is 1. The first-order valence-corrected chi connectivity index (χ1v) is 10.8. The molecule has 0 fully saturated rings. The van der Waals surface area contributed by atoms with Gasteiger partial charge in [-0.2, -0.15) is 18.3 Å². The summed E-state index contributed by atoms with van der Waals surface area (Å²) >= 11 is 0. The summed E-state index contributed by atoms with van der Waals surface area (Å²) in [5.74, 6) is 0.774. The van der Waals surface area contributed by atoms with Crippen LogP contribution in [0.3, 0.4) is 0 Å². The van der Waals surface area contributed by atoms with Gasteiger partial charge in [0.05, 0.1) is 29.6 Å². The normalized spacial score (nSPS) is 13.4. The van der Waals surface area contributed by atoms with Crippen molar-refractivity contribution in [3.05, 3.63) is 59.5 Å². The van der Waals surface area contributed by atoms with Crippen molar-refractivity contribution >= 4 is 17.5 Å². The Hall–Kier alpha value is -4.22. The number of fused-ring (bicyclic) bond motifs is 1. The first-order valence-electron chi connectivity index (χ1n) is 10.8. The second-order valence-electron chi connectivity index (χ2n) is 8.15. The number of carbonyl (C=O) groups is 1. The number of rotatable bonds is 5. The predicted molar refractivity (Wildman–Crippen MR) is 123 cm³/mol. The molecule has 1 amide bonds. The molecule has 0 saturated heterocycles. The van der Waals surface area contributed by atoms with Crippen LogP contribution in [0.15, 0.2) is 42.9 Å². The van der Waals surface area contributed by atoms with Gasteiger partial charge in [-0.25, -0.2) is 4.98 Å². The molecule has 1 N–H and O–H groups in total. The van der Waals surface area contributed by atoms with Gasteiger partial charge in [0.1, 0.15) is 18.0 Å². The molecule has 0 bridgehead atoms. The summed E-state index contributed by atoms with van der Waals surface area (Å²) < 4.78 is 44.2. The second-order valence-corrected chi connectivity index (χ2v) is 8.15. The van der Waals surface area contributed by atoms with Crippen molar-refractivity contribution in [1.29, 1.82) is 0 Å². The molecule has 1 aromatic carbocycles. The van der Waals surface area contributed by atoms with E-state index < -0.39 is 17.6 Å². The number of nitrogens with zero attached hydrogens (tertiary/aromatic N) is 7. The fourth-order valence-corrected chi connectivity index (χ4v) is 4.32. The molecular formula is C23H21F3N8O. The summed E-state index contributed by atoms with van der Waals surface area (Å²) in [6.07, 6.45) is -1.32. The van der Waals surface area contributed by atoms with Gasteiger partial charge < -0.3 is 9.88 Å². The van der Waals surface area contributed by atoms with E-state index in [1.165, 1.54) is 17.0 Å². The van der Waals surface area contributed by atoms with Crippen LogP contribution in [0.25, 0.3) is 22.6 Å². The molecule has 0 spiro atoms. The van der Waals surface area contributed by atoms with E-state index >= 15 is 0 Å². The number of pyridine rings is 1. The highest BCUT2D eigenvalue weighted by Gasteiger charge is 2.40. The third-order valence-corrected chi connectivity index (χ3v) is 5.88. The lowest BCUT2D eigenvalue weighted by Gasteiger charge is -2.18. The maximum Gasteiger partial charge on any atom is 0.416 e. The van der Waals surface area contributed by atoms with E-state index in [0.29, 0.717) is 35.0 Å². The first kappa shape index (κ1) is 22.6. The third kappa shape index (κ3) is 3.80. The maximum atomic E-state index is 13.6. The Balaban J connectivity index is 1.63. The molecular weight excluding hydrogens is 461 g/mol. The van der Waals surface area contributed by atoms with E-state index in [1.807, 2.05) is 14.0 Å². The fourth-order valence-electron chi connectivity index (χ4n) is 4.32. The van der Waals surface area contributed by atoms with Gasteiger partial charge in [-0.1, -0.05) is 6.07 Å². The summed E-state index contributed by atoms with van der Waals surface area (Å²) in [7, 11) is 3.58. The number of amides is 1. The predicted octanol–water partition coefficient (Wildman–Crippen LogP) is 3.89. The largest absolute Gasteiger partial charge is 0.416 e. The molecule has 12 heteroatoms. The van der Waals surface area contributed by atoms with E-state index in [2.05, 4.69) is 25.6 Å². The SMILES string of the molecule is CCNc1cc(-c2c(-c3nncn3C)cnn2C)cc(N2Cc3c(cccc3C(F)(F)F)C2=O)n1. The molecule has 0 aliphatic carbocycles. The van der Waals surface area contributed by atoms with Gasteiger partial charge in [-0.15, -0.1) is 10.2 Å². The standard InChI is InChI=1S/C23H21F3N8O/c1-4-27-18-8-13(20-15(10-29-33(20)3)21-31-28-12-32(21)2)9-19(30-18)34-11-16-14(22(34)35)6-5-7-17(16)23(24,25)26/h5-10,12H,4,11H2,1-3H3,(H,27,30). The van der Waals surface area contributed by atoms with Crippen LogP contribution in [0.4, 0.5) is 24.8 Å². The van der Waals surface area contributed by atoms with Crippen molar-refractivity contribution in [2.24, 2.45) is 14.1 Å². The number of hydrogen-bond acceptors (Lipinski definition) is 6. The number of anilines is 2. The van der Waals surface area contributed by atoms with Crippen molar-refractivity contribution < 1.29 is 18.0 Å². The molecule has 1 aliphatic heterocycles. The number of carbonyl (C=O) groups excluding carboxylic acids is 1. The van der Waals surface area contributed by atoms with Crippen molar-refractivity contribution in [1.82, 2.24) is 29.5 Å². The van der Waals surface area contributed by atoms with Crippen LogP contribution in [-0.4, -0.2) is 42.0 Å². The summed E-state index contributed by atoms with van der Waals surface area (Å²) in [5, 5.41) is 15.6. The Bertz CT molecular complexity index is 1440. The molecule has 0 saturated carbocycles. The van der Waals surface area contributed by atoms with Crippen LogP contribution in [0, 0.1) is 0 Å². The zero-order chi connectivity index (χ0) is 24.9. The fraction of sp³-hybridized carbons (Fsp3) is 0.261. The highest BCUT2D eigenvalue weighted by atomic mass is 19.4. The summed E-state index contributed by atoms with van der Waals surface area (Å²) in [6.45, 7) is 2.23. The molecule has 1 aliphatic rings. The number of halogens is 3. The molecule has 3 aromatic heterocycles. The van der Waals surface area contributed by atoms with Crippen LogP contribution in [0.5, 0.6) is 0 Å². The Kier molecular flexibility index (Phi) is 5.30. The minimum Gasteiger partial charge on any atom is -0.370 e. The Morgan fingerprint density at radius 3 is 2.63 bits per heavy atom. The highest BCUT2D eigenvalue weighted by molar-refractivity contribution is 6.10. The minimum atomic E-state index is -4.56. The van der Waals surface area contributed by atoms with Gasteiger partial charge in [0.2, 0.25) is 0 Å². The number of aromatic nitrogens is 6. The maximum absolute atomic E-state index is 13.6. The third-order valence-electron chi connectivity index (χ3n) is 5.88. The Labute approximate surface area is 198 Å². The number of aryl methyl sites for hydroxylation is 2. The van der Waals surface area contributed by atoms with E-state index in [0.717, 1.165) is 6.07 Å². The van der Waals surface area contributed by atoms with Crippen molar-refractivity contribution in [2.75, 3.05) is 16.8 Å². The summed E-state index contributed by atoms with van der Waals surface area (Å²) in [5.41, 5.74) is 1.24. The number of nitrogens with one attached hydrogen (secondary N) is 1. The van der Waals surface area contributed by atoms with Gasteiger partial charge >= 0.3 is 6.18 Å². The topological polar surface area (TPSA) is 93.8 Å². The molecule has 0 unspecified atom stereocenters. The van der Waals surface area contributed by atoms with Crippen LogP contribution in [-0.2, 0) is 26.8 Å². The smallest absolute Gasteiger partial charge is 0.370 e. The summed E-state index contributed by atoms with van der Waals surface area (Å²) in [4.78, 5) is 19.0. The highest BCUT2D eigenvalue weighted by Crippen LogP contribution is 2.40. The van der Waals surface area contributed by atoms with Crippen molar-refractivity contribution in [3.8, 4) is 22.6 Å².